The lowest BCUT2D eigenvalue weighted by atomic mass is 9.86. The lowest BCUT2D eigenvalue weighted by molar-refractivity contribution is 0.0415. The van der Waals surface area contributed by atoms with Crippen LogP contribution in [0.1, 0.15) is 36.7 Å². The van der Waals surface area contributed by atoms with E-state index in [0.29, 0.717) is 37.6 Å². The fourth-order valence-electron chi connectivity index (χ4n) is 2.10. The van der Waals surface area contributed by atoms with Crippen LogP contribution in [0.25, 0.3) is 0 Å². The molecule has 5 heteroatoms. The smallest absolute Gasteiger partial charge is 0.409 e. The number of hydrogen-bond donors (Lipinski definition) is 0. The van der Waals surface area contributed by atoms with E-state index in [-0.39, 0.29) is 5.41 Å². The summed E-state index contributed by atoms with van der Waals surface area (Å²) in [6.07, 6.45) is 0.280. The van der Waals surface area contributed by atoms with Crippen LogP contribution in [0.4, 0.5) is 4.79 Å². The minimum absolute atomic E-state index is 0.0650. The van der Waals surface area contributed by atoms with Gasteiger partial charge in [0, 0.05) is 13.1 Å². The minimum atomic E-state index is -0.440. The number of carbonyl (C=O) groups is 2. The summed E-state index contributed by atoms with van der Waals surface area (Å²) >= 11 is 0. The number of benzene rings is 1. The van der Waals surface area contributed by atoms with E-state index in [4.69, 9.17) is 9.47 Å². The van der Waals surface area contributed by atoms with Gasteiger partial charge in [-0.25, -0.2) is 4.79 Å². The van der Waals surface area contributed by atoms with Gasteiger partial charge in [-0.2, -0.15) is 0 Å². The molecule has 21 heavy (non-hydrogen) atoms. The van der Waals surface area contributed by atoms with E-state index in [1.807, 2.05) is 6.07 Å². The molecule has 0 unspecified atom stereocenters. The summed E-state index contributed by atoms with van der Waals surface area (Å²) in [4.78, 5) is 24.9. The van der Waals surface area contributed by atoms with Crippen LogP contribution in [0, 0.1) is 0 Å². The lowest BCUT2D eigenvalue weighted by Crippen LogP contribution is -2.42. The van der Waals surface area contributed by atoms with Crippen molar-refractivity contribution < 1.29 is 19.1 Å². The van der Waals surface area contributed by atoms with Gasteiger partial charge in [-0.3, -0.25) is 4.79 Å². The highest BCUT2D eigenvalue weighted by Gasteiger charge is 2.21. The van der Waals surface area contributed by atoms with Crippen molar-refractivity contribution in [1.29, 1.82) is 0 Å². The molecule has 0 bridgehead atoms. The van der Waals surface area contributed by atoms with E-state index in [0.717, 1.165) is 11.8 Å². The molecule has 1 aliphatic rings. The van der Waals surface area contributed by atoms with Crippen molar-refractivity contribution in [2.45, 2.75) is 26.2 Å². The number of nitrogens with zero attached hydrogens (tertiary/aromatic N) is 1. The van der Waals surface area contributed by atoms with Gasteiger partial charge in [-0.05, 0) is 23.1 Å². The van der Waals surface area contributed by atoms with Crippen LogP contribution in [-0.2, 0) is 10.2 Å². The van der Waals surface area contributed by atoms with Gasteiger partial charge in [0.1, 0.15) is 5.75 Å². The van der Waals surface area contributed by atoms with Crippen molar-refractivity contribution in [2.75, 3.05) is 26.3 Å². The Morgan fingerprint density at radius 2 is 1.95 bits per heavy atom. The molecule has 114 valence electrons. The van der Waals surface area contributed by atoms with Crippen LogP contribution < -0.4 is 4.74 Å². The predicted molar refractivity (Wildman–Crippen MR) is 78.9 cm³/mol. The molecule has 0 atom stereocenters. The van der Waals surface area contributed by atoms with Crippen molar-refractivity contribution in [3.05, 3.63) is 29.3 Å². The molecule has 0 spiro atoms. The Balaban J connectivity index is 2.16. The quantitative estimate of drug-likeness (QED) is 0.786. The van der Waals surface area contributed by atoms with Gasteiger partial charge >= 0.3 is 6.09 Å². The zero-order valence-electron chi connectivity index (χ0n) is 12.7. The number of aldehydes is 1. The molecule has 1 heterocycles. The zero-order valence-corrected chi connectivity index (χ0v) is 12.7. The molecule has 1 aliphatic heterocycles. The van der Waals surface area contributed by atoms with Crippen LogP contribution in [-0.4, -0.2) is 43.6 Å². The maximum absolute atomic E-state index is 12.0. The van der Waals surface area contributed by atoms with Crippen molar-refractivity contribution >= 4 is 12.4 Å². The number of rotatable bonds is 2. The summed E-state index contributed by atoms with van der Waals surface area (Å²) in [5.74, 6) is 0.300. The minimum Gasteiger partial charge on any atom is -0.409 e. The molecule has 2 rings (SSSR count). The van der Waals surface area contributed by atoms with Gasteiger partial charge in [0.15, 0.2) is 6.29 Å². The van der Waals surface area contributed by atoms with E-state index in [1.165, 1.54) is 0 Å². The van der Waals surface area contributed by atoms with Crippen molar-refractivity contribution in [3.8, 4) is 5.75 Å². The number of ether oxygens (including phenoxy) is 2. The van der Waals surface area contributed by atoms with E-state index < -0.39 is 6.09 Å². The molecule has 0 radical (unpaired) electrons. The summed E-state index contributed by atoms with van der Waals surface area (Å²) in [5.41, 5.74) is 1.35. The molecule has 0 N–H and O–H groups in total. The van der Waals surface area contributed by atoms with Crippen molar-refractivity contribution in [2.24, 2.45) is 0 Å². The Hall–Kier alpha value is -1.88. The molecular formula is C16H21NO4. The molecule has 0 aliphatic carbocycles. The van der Waals surface area contributed by atoms with E-state index >= 15 is 0 Å². The van der Waals surface area contributed by atoms with Crippen LogP contribution in [0.3, 0.4) is 0 Å². The van der Waals surface area contributed by atoms with Crippen molar-refractivity contribution in [1.82, 2.24) is 4.90 Å². The zero-order chi connectivity index (χ0) is 15.5. The van der Waals surface area contributed by atoms with Crippen molar-refractivity contribution in [3.63, 3.8) is 0 Å². The Bertz CT molecular complexity index is 528. The number of carbonyl (C=O) groups excluding carboxylic acids is 2. The third kappa shape index (κ3) is 3.82. The summed E-state index contributed by atoms with van der Waals surface area (Å²) in [6, 6.07) is 5.34. The number of amides is 1. The predicted octanol–water partition coefficient (Wildman–Crippen LogP) is 2.63. The first-order valence-corrected chi connectivity index (χ1v) is 7.06. The van der Waals surface area contributed by atoms with Gasteiger partial charge < -0.3 is 14.4 Å². The molecule has 1 aromatic carbocycles. The Kier molecular flexibility index (Phi) is 4.63. The summed E-state index contributed by atoms with van der Waals surface area (Å²) in [5, 5.41) is 0. The molecular weight excluding hydrogens is 270 g/mol. The Labute approximate surface area is 124 Å². The van der Waals surface area contributed by atoms with Gasteiger partial charge in [-0.1, -0.05) is 26.8 Å². The third-order valence-electron chi connectivity index (χ3n) is 3.47. The third-order valence-corrected chi connectivity index (χ3v) is 3.47. The topological polar surface area (TPSA) is 55.8 Å². The second kappa shape index (κ2) is 6.26. The second-order valence-electron chi connectivity index (χ2n) is 6.09. The fourth-order valence-corrected chi connectivity index (χ4v) is 2.10. The largest absolute Gasteiger partial charge is 0.415 e. The average molecular weight is 291 g/mol. The molecule has 1 amide bonds. The highest BCUT2D eigenvalue weighted by Crippen LogP contribution is 2.27. The number of morpholine rings is 1. The summed E-state index contributed by atoms with van der Waals surface area (Å²) in [6.45, 7) is 8.24. The van der Waals surface area contributed by atoms with Gasteiger partial charge in [-0.15, -0.1) is 0 Å². The van der Waals surface area contributed by atoms with E-state index in [1.54, 1.807) is 17.0 Å². The van der Waals surface area contributed by atoms with Gasteiger partial charge in [0.25, 0.3) is 0 Å². The standard InChI is InChI=1S/C16H21NO4/c1-16(2,3)13-4-5-14(12(10-13)11-18)21-15(19)17-6-8-20-9-7-17/h4-5,10-11H,6-9H2,1-3H3. The molecule has 5 nitrogen and oxygen atoms in total. The molecule has 1 aromatic rings. The lowest BCUT2D eigenvalue weighted by Gasteiger charge is -2.26. The first-order valence-electron chi connectivity index (χ1n) is 7.06. The Morgan fingerprint density at radius 3 is 2.52 bits per heavy atom. The van der Waals surface area contributed by atoms with Crippen LogP contribution in [0.15, 0.2) is 18.2 Å². The first-order chi connectivity index (χ1) is 9.91. The van der Waals surface area contributed by atoms with Crippen LogP contribution in [0.5, 0.6) is 5.75 Å². The fraction of sp³-hybridized carbons (Fsp3) is 0.500. The first kappa shape index (κ1) is 15.5. The van der Waals surface area contributed by atoms with E-state index in [9.17, 15) is 9.59 Å². The maximum Gasteiger partial charge on any atom is 0.415 e. The Morgan fingerprint density at radius 1 is 1.29 bits per heavy atom. The molecule has 1 fully saturated rings. The van der Waals surface area contributed by atoms with Gasteiger partial charge in [0.2, 0.25) is 0 Å². The summed E-state index contributed by atoms with van der Waals surface area (Å²) in [7, 11) is 0. The molecule has 0 saturated carbocycles. The van der Waals surface area contributed by atoms with Gasteiger partial charge in [0.05, 0.1) is 18.8 Å². The highest BCUT2D eigenvalue weighted by atomic mass is 16.6. The maximum atomic E-state index is 12.0. The monoisotopic (exact) mass is 291 g/mol. The van der Waals surface area contributed by atoms with Crippen LogP contribution in [0.2, 0.25) is 0 Å². The van der Waals surface area contributed by atoms with Crippen LogP contribution >= 0.6 is 0 Å². The second-order valence-corrected chi connectivity index (χ2v) is 6.09. The normalized spacial score (nSPS) is 15.7. The molecule has 0 aromatic heterocycles. The average Bonchev–Trinajstić information content (AvgIpc) is 2.47. The SMILES string of the molecule is CC(C)(C)c1ccc(OC(=O)N2CCOCC2)c(C=O)c1. The van der Waals surface area contributed by atoms with E-state index in [2.05, 4.69) is 20.8 Å². The molecule has 1 saturated heterocycles. The highest BCUT2D eigenvalue weighted by molar-refractivity contribution is 5.82. The number of hydrogen-bond acceptors (Lipinski definition) is 4. The summed E-state index contributed by atoms with van der Waals surface area (Å²) < 4.78 is 10.5.